The Morgan fingerprint density at radius 2 is 2.22 bits per heavy atom. The van der Waals surface area contributed by atoms with Gasteiger partial charge in [0.15, 0.2) is 0 Å². The van der Waals surface area contributed by atoms with E-state index in [1.165, 1.54) is 13.5 Å². The van der Waals surface area contributed by atoms with Crippen molar-refractivity contribution in [3.63, 3.8) is 0 Å². The minimum Gasteiger partial charge on any atom is -0.465 e. The van der Waals surface area contributed by atoms with Gasteiger partial charge in [-0.25, -0.2) is 9.59 Å². The molecule has 1 saturated carbocycles. The molecule has 1 aliphatic carbocycles. The summed E-state index contributed by atoms with van der Waals surface area (Å²) >= 11 is 0. The molecule has 0 atom stereocenters. The zero-order chi connectivity index (χ0) is 12.7. The smallest absolute Gasteiger partial charge is 0.337 e. The first-order valence-electron chi connectivity index (χ1n) is 6.03. The molecule has 1 fully saturated rings. The number of ether oxygens (including phenoxy) is 1. The highest BCUT2D eigenvalue weighted by Crippen LogP contribution is 2.32. The number of benzene rings is 1. The van der Waals surface area contributed by atoms with Gasteiger partial charge in [-0.3, -0.25) is 4.57 Å². The molecule has 94 valence electrons. The molecule has 1 N–H and O–H groups in total. The van der Waals surface area contributed by atoms with Gasteiger partial charge in [0.2, 0.25) is 0 Å². The largest absolute Gasteiger partial charge is 0.465 e. The SMILES string of the molecule is COC(=O)c1ccc2c(c1)[nH]c(=O)n2C1CCC1. The Bertz CT molecular complexity index is 664. The predicted octanol–water partition coefficient (Wildman–Crippen LogP) is 1.84. The van der Waals surface area contributed by atoms with Crippen LogP contribution in [0.1, 0.15) is 35.7 Å². The van der Waals surface area contributed by atoms with Crippen molar-refractivity contribution in [3.05, 3.63) is 34.2 Å². The van der Waals surface area contributed by atoms with Crippen LogP contribution in [-0.4, -0.2) is 22.6 Å². The van der Waals surface area contributed by atoms with Gasteiger partial charge in [-0.1, -0.05) is 0 Å². The van der Waals surface area contributed by atoms with E-state index in [9.17, 15) is 9.59 Å². The Morgan fingerprint density at radius 3 is 2.83 bits per heavy atom. The van der Waals surface area contributed by atoms with Gasteiger partial charge < -0.3 is 9.72 Å². The molecule has 0 saturated heterocycles. The predicted molar refractivity (Wildman–Crippen MR) is 66.8 cm³/mol. The van der Waals surface area contributed by atoms with Crippen LogP contribution in [0, 0.1) is 0 Å². The Morgan fingerprint density at radius 1 is 1.44 bits per heavy atom. The molecule has 2 aromatic rings. The summed E-state index contributed by atoms with van der Waals surface area (Å²) in [7, 11) is 1.34. The van der Waals surface area contributed by atoms with Crippen LogP contribution < -0.4 is 5.69 Å². The molecule has 1 aliphatic rings. The molecule has 0 radical (unpaired) electrons. The van der Waals surface area contributed by atoms with E-state index < -0.39 is 5.97 Å². The quantitative estimate of drug-likeness (QED) is 0.822. The summed E-state index contributed by atoms with van der Waals surface area (Å²) in [6, 6.07) is 5.46. The van der Waals surface area contributed by atoms with E-state index in [0.717, 1.165) is 18.4 Å². The molecule has 0 amide bonds. The molecule has 0 spiro atoms. The van der Waals surface area contributed by atoms with E-state index in [2.05, 4.69) is 9.72 Å². The first-order chi connectivity index (χ1) is 8.70. The molecule has 0 unspecified atom stereocenters. The van der Waals surface area contributed by atoms with Crippen molar-refractivity contribution in [2.45, 2.75) is 25.3 Å². The third-order valence-electron chi connectivity index (χ3n) is 3.58. The molecule has 3 rings (SSSR count). The normalized spacial score (nSPS) is 15.6. The summed E-state index contributed by atoms with van der Waals surface area (Å²) in [6.45, 7) is 0. The zero-order valence-corrected chi connectivity index (χ0v) is 10.1. The summed E-state index contributed by atoms with van der Waals surface area (Å²) in [5.74, 6) is -0.394. The van der Waals surface area contributed by atoms with E-state index in [0.29, 0.717) is 17.1 Å². The molecular weight excluding hydrogens is 232 g/mol. The number of carbonyl (C=O) groups is 1. The second-order valence-electron chi connectivity index (χ2n) is 4.61. The minimum atomic E-state index is -0.394. The number of rotatable bonds is 2. The molecule has 0 bridgehead atoms. The number of hydrogen-bond donors (Lipinski definition) is 1. The molecule has 1 aromatic heterocycles. The number of nitrogens with one attached hydrogen (secondary N) is 1. The van der Waals surface area contributed by atoms with Crippen molar-refractivity contribution in [1.29, 1.82) is 0 Å². The van der Waals surface area contributed by atoms with E-state index >= 15 is 0 Å². The summed E-state index contributed by atoms with van der Waals surface area (Å²) in [4.78, 5) is 26.1. The van der Waals surface area contributed by atoms with E-state index in [4.69, 9.17) is 0 Å². The van der Waals surface area contributed by atoms with Crippen LogP contribution in [0.3, 0.4) is 0 Å². The fourth-order valence-electron chi connectivity index (χ4n) is 2.38. The van der Waals surface area contributed by atoms with Crippen LogP contribution in [0.15, 0.2) is 23.0 Å². The molecule has 5 heteroatoms. The molecule has 0 aliphatic heterocycles. The van der Waals surface area contributed by atoms with Crippen LogP contribution in [0.2, 0.25) is 0 Å². The van der Waals surface area contributed by atoms with Gasteiger partial charge >= 0.3 is 11.7 Å². The molecule has 1 aromatic carbocycles. The number of carbonyl (C=O) groups excluding carboxylic acids is 1. The van der Waals surface area contributed by atoms with Crippen molar-refractivity contribution in [3.8, 4) is 0 Å². The average molecular weight is 246 g/mol. The number of nitrogens with zero attached hydrogens (tertiary/aromatic N) is 1. The highest BCUT2D eigenvalue weighted by Gasteiger charge is 2.23. The van der Waals surface area contributed by atoms with Gasteiger partial charge in [0, 0.05) is 6.04 Å². The van der Waals surface area contributed by atoms with Gasteiger partial charge in [0.1, 0.15) is 0 Å². The van der Waals surface area contributed by atoms with E-state index in [1.54, 1.807) is 22.8 Å². The number of hydrogen-bond acceptors (Lipinski definition) is 3. The van der Waals surface area contributed by atoms with Crippen molar-refractivity contribution in [2.75, 3.05) is 7.11 Å². The van der Waals surface area contributed by atoms with Crippen LogP contribution in [0.25, 0.3) is 11.0 Å². The highest BCUT2D eigenvalue weighted by molar-refractivity contribution is 5.93. The number of fused-ring (bicyclic) bond motifs is 1. The maximum atomic E-state index is 11.9. The number of aromatic amines is 1. The zero-order valence-electron chi connectivity index (χ0n) is 10.1. The Hall–Kier alpha value is -2.04. The van der Waals surface area contributed by atoms with Gasteiger partial charge in [-0.05, 0) is 37.5 Å². The van der Waals surface area contributed by atoms with E-state index in [1.807, 2.05) is 0 Å². The standard InChI is InChI=1S/C13H14N2O3/c1-18-12(16)8-5-6-11-10(7-8)14-13(17)15(11)9-3-2-4-9/h5-7,9H,2-4H2,1H3,(H,14,17). The van der Waals surface area contributed by atoms with Crippen molar-refractivity contribution in [2.24, 2.45) is 0 Å². The summed E-state index contributed by atoms with van der Waals surface area (Å²) < 4.78 is 6.46. The minimum absolute atomic E-state index is 0.100. The van der Waals surface area contributed by atoms with Gasteiger partial charge in [0.05, 0.1) is 23.7 Å². The van der Waals surface area contributed by atoms with Crippen LogP contribution in [0.5, 0.6) is 0 Å². The third-order valence-corrected chi connectivity index (χ3v) is 3.58. The Balaban J connectivity index is 2.14. The van der Waals surface area contributed by atoms with E-state index in [-0.39, 0.29) is 5.69 Å². The summed E-state index contributed by atoms with van der Waals surface area (Å²) in [5.41, 5.74) is 1.90. The lowest BCUT2D eigenvalue weighted by Crippen LogP contribution is -2.26. The van der Waals surface area contributed by atoms with Gasteiger partial charge in [-0.2, -0.15) is 0 Å². The lowest BCUT2D eigenvalue weighted by molar-refractivity contribution is 0.0601. The molecule has 1 heterocycles. The number of imidazole rings is 1. The van der Waals surface area contributed by atoms with Crippen molar-refractivity contribution < 1.29 is 9.53 Å². The molecular formula is C13H14N2O3. The van der Waals surface area contributed by atoms with Gasteiger partial charge in [-0.15, -0.1) is 0 Å². The second-order valence-corrected chi connectivity index (χ2v) is 4.61. The van der Waals surface area contributed by atoms with Crippen LogP contribution in [-0.2, 0) is 4.74 Å². The maximum Gasteiger partial charge on any atom is 0.337 e. The molecule has 18 heavy (non-hydrogen) atoms. The second kappa shape index (κ2) is 4.01. The monoisotopic (exact) mass is 246 g/mol. The Labute approximate surface area is 103 Å². The van der Waals surface area contributed by atoms with Crippen molar-refractivity contribution in [1.82, 2.24) is 9.55 Å². The Kier molecular flexibility index (Phi) is 2.47. The van der Waals surface area contributed by atoms with Gasteiger partial charge in [0.25, 0.3) is 0 Å². The number of aromatic nitrogens is 2. The van der Waals surface area contributed by atoms with Crippen LogP contribution >= 0.6 is 0 Å². The topological polar surface area (TPSA) is 64.1 Å². The lowest BCUT2D eigenvalue weighted by atomic mass is 9.93. The fourth-order valence-corrected chi connectivity index (χ4v) is 2.38. The maximum absolute atomic E-state index is 11.9. The molecule has 5 nitrogen and oxygen atoms in total. The summed E-state index contributed by atoms with van der Waals surface area (Å²) in [5, 5.41) is 0. The third kappa shape index (κ3) is 1.54. The average Bonchev–Trinajstić information content (AvgIpc) is 2.62. The first-order valence-corrected chi connectivity index (χ1v) is 6.03. The highest BCUT2D eigenvalue weighted by atomic mass is 16.5. The number of H-pyrrole nitrogens is 1. The number of methoxy groups -OCH3 is 1. The lowest BCUT2D eigenvalue weighted by Gasteiger charge is -2.26. The first kappa shape index (κ1) is 11.1. The van der Waals surface area contributed by atoms with Crippen LogP contribution in [0.4, 0.5) is 0 Å². The number of esters is 1. The summed E-state index contributed by atoms with van der Waals surface area (Å²) in [6.07, 6.45) is 3.27. The van der Waals surface area contributed by atoms with Crippen molar-refractivity contribution >= 4 is 17.0 Å². The fraction of sp³-hybridized carbons (Fsp3) is 0.385.